The molecule has 76 valence electrons. The van der Waals surface area contributed by atoms with E-state index < -0.39 is 6.17 Å². The Kier molecular flexibility index (Phi) is 2.77. The van der Waals surface area contributed by atoms with Gasteiger partial charge in [-0.15, -0.1) is 0 Å². The molecule has 2 unspecified atom stereocenters. The molecular weight excluding hydrogens is 179 g/mol. The number of pyridine rings is 1. The van der Waals surface area contributed by atoms with Crippen molar-refractivity contribution in [1.29, 1.82) is 0 Å². The minimum absolute atomic E-state index is 0.0324. The number of rotatable bonds is 1. The largest absolute Gasteiger partial charge is 0.314 e. The molecule has 2 atom stereocenters. The van der Waals surface area contributed by atoms with Gasteiger partial charge in [-0.3, -0.25) is 4.98 Å². The van der Waals surface area contributed by atoms with E-state index in [9.17, 15) is 4.39 Å². The molecule has 3 heteroatoms. The lowest BCUT2D eigenvalue weighted by molar-refractivity contribution is 0.230. The molecule has 1 aliphatic heterocycles. The molecule has 1 aromatic rings. The number of aryl methyl sites for hydroxylation is 1. The summed E-state index contributed by atoms with van der Waals surface area (Å²) >= 11 is 0. The standard InChI is InChI=1S/C11H15FN2/c1-8-2-4-13-6-10(8)9-3-5-14-7-11(9)12/h2,4,6,9,11,14H,3,5,7H2,1H3. The van der Waals surface area contributed by atoms with Gasteiger partial charge in [0.15, 0.2) is 0 Å². The van der Waals surface area contributed by atoms with Crippen molar-refractivity contribution in [3.8, 4) is 0 Å². The average molecular weight is 194 g/mol. The van der Waals surface area contributed by atoms with Gasteiger partial charge in [-0.05, 0) is 37.1 Å². The molecule has 0 amide bonds. The molecule has 0 bridgehead atoms. The predicted octanol–water partition coefficient (Wildman–Crippen LogP) is 1.81. The molecule has 0 saturated carbocycles. The van der Waals surface area contributed by atoms with Gasteiger partial charge in [0.1, 0.15) is 6.17 Å². The Hall–Kier alpha value is -0.960. The zero-order valence-electron chi connectivity index (χ0n) is 8.33. The Balaban J connectivity index is 2.25. The minimum Gasteiger partial charge on any atom is -0.314 e. The molecule has 2 rings (SSSR count). The summed E-state index contributed by atoms with van der Waals surface area (Å²) in [6.07, 6.45) is 3.66. The highest BCUT2D eigenvalue weighted by Crippen LogP contribution is 2.29. The molecule has 2 heterocycles. The Morgan fingerprint density at radius 2 is 2.43 bits per heavy atom. The lowest BCUT2D eigenvalue weighted by Crippen LogP contribution is -2.37. The number of hydrogen-bond acceptors (Lipinski definition) is 2. The number of hydrogen-bond donors (Lipinski definition) is 1. The van der Waals surface area contributed by atoms with Crippen molar-refractivity contribution in [2.45, 2.75) is 25.4 Å². The first-order valence-corrected chi connectivity index (χ1v) is 5.04. The van der Waals surface area contributed by atoms with Gasteiger partial charge >= 0.3 is 0 Å². The third-order valence-corrected chi connectivity index (χ3v) is 2.89. The summed E-state index contributed by atoms with van der Waals surface area (Å²) in [5.41, 5.74) is 2.22. The highest BCUT2D eigenvalue weighted by atomic mass is 19.1. The van der Waals surface area contributed by atoms with Crippen molar-refractivity contribution >= 4 is 0 Å². The van der Waals surface area contributed by atoms with Crippen LogP contribution in [0.2, 0.25) is 0 Å². The van der Waals surface area contributed by atoms with Crippen LogP contribution in [0.15, 0.2) is 18.5 Å². The Morgan fingerprint density at radius 1 is 1.57 bits per heavy atom. The van der Waals surface area contributed by atoms with Crippen molar-refractivity contribution in [2.24, 2.45) is 0 Å². The Bertz CT molecular complexity index is 314. The lowest BCUT2D eigenvalue weighted by atomic mass is 9.87. The first-order chi connectivity index (χ1) is 6.79. The fourth-order valence-corrected chi connectivity index (χ4v) is 2.04. The summed E-state index contributed by atoms with van der Waals surface area (Å²) in [5, 5.41) is 3.06. The first kappa shape index (κ1) is 9.59. The quantitative estimate of drug-likeness (QED) is 0.737. The third kappa shape index (κ3) is 1.77. The van der Waals surface area contributed by atoms with Crippen LogP contribution in [-0.4, -0.2) is 24.2 Å². The molecule has 1 aliphatic rings. The van der Waals surface area contributed by atoms with Crippen molar-refractivity contribution in [3.05, 3.63) is 29.6 Å². The van der Waals surface area contributed by atoms with Crippen molar-refractivity contribution in [3.63, 3.8) is 0 Å². The highest BCUT2D eigenvalue weighted by Gasteiger charge is 2.26. The van der Waals surface area contributed by atoms with E-state index in [-0.39, 0.29) is 5.92 Å². The van der Waals surface area contributed by atoms with Crippen LogP contribution in [0.1, 0.15) is 23.5 Å². The van der Waals surface area contributed by atoms with Gasteiger partial charge < -0.3 is 5.32 Å². The molecule has 2 nitrogen and oxygen atoms in total. The smallest absolute Gasteiger partial charge is 0.119 e. The van der Waals surface area contributed by atoms with Crippen LogP contribution in [0.3, 0.4) is 0 Å². The summed E-state index contributed by atoms with van der Waals surface area (Å²) in [6, 6.07) is 1.95. The van der Waals surface area contributed by atoms with E-state index in [4.69, 9.17) is 0 Å². The lowest BCUT2D eigenvalue weighted by Gasteiger charge is -2.27. The summed E-state index contributed by atoms with van der Waals surface area (Å²) in [6.45, 7) is 3.39. The van der Waals surface area contributed by atoms with Gasteiger partial charge in [-0.2, -0.15) is 0 Å². The van der Waals surface area contributed by atoms with Gasteiger partial charge in [0.2, 0.25) is 0 Å². The zero-order valence-corrected chi connectivity index (χ0v) is 8.33. The van der Waals surface area contributed by atoms with Gasteiger partial charge in [-0.25, -0.2) is 4.39 Å². The highest BCUT2D eigenvalue weighted by molar-refractivity contribution is 5.27. The molecule has 1 fully saturated rings. The van der Waals surface area contributed by atoms with Crippen molar-refractivity contribution in [2.75, 3.05) is 13.1 Å². The molecule has 1 aromatic heterocycles. The van der Waals surface area contributed by atoms with E-state index in [1.54, 1.807) is 12.4 Å². The summed E-state index contributed by atoms with van der Waals surface area (Å²) in [5.74, 6) is 0.0324. The van der Waals surface area contributed by atoms with Gasteiger partial charge in [0.05, 0.1) is 0 Å². The number of aromatic nitrogens is 1. The predicted molar refractivity (Wildman–Crippen MR) is 54.1 cm³/mol. The third-order valence-electron chi connectivity index (χ3n) is 2.89. The maximum atomic E-state index is 13.6. The number of nitrogens with one attached hydrogen (secondary N) is 1. The van der Waals surface area contributed by atoms with Gasteiger partial charge in [0, 0.05) is 24.9 Å². The Labute approximate surface area is 83.6 Å². The second-order valence-electron chi connectivity index (χ2n) is 3.85. The number of halogens is 1. The van der Waals surface area contributed by atoms with Crippen molar-refractivity contribution in [1.82, 2.24) is 10.3 Å². The van der Waals surface area contributed by atoms with Crippen LogP contribution in [0.5, 0.6) is 0 Å². The number of nitrogens with zero attached hydrogens (tertiary/aromatic N) is 1. The fraction of sp³-hybridized carbons (Fsp3) is 0.545. The summed E-state index contributed by atoms with van der Waals surface area (Å²) in [7, 11) is 0. The Morgan fingerprint density at radius 3 is 3.14 bits per heavy atom. The number of alkyl halides is 1. The van der Waals surface area contributed by atoms with Gasteiger partial charge in [0.25, 0.3) is 0 Å². The van der Waals surface area contributed by atoms with Crippen LogP contribution in [-0.2, 0) is 0 Å². The molecule has 0 aromatic carbocycles. The molecule has 1 saturated heterocycles. The SMILES string of the molecule is Cc1ccncc1C1CCNCC1F. The summed E-state index contributed by atoms with van der Waals surface area (Å²) in [4.78, 5) is 4.07. The van der Waals surface area contributed by atoms with Crippen LogP contribution in [0.4, 0.5) is 4.39 Å². The topological polar surface area (TPSA) is 24.9 Å². The van der Waals surface area contributed by atoms with Gasteiger partial charge in [-0.1, -0.05) is 0 Å². The normalized spacial score (nSPS) is 27.6. The van der Waals surface area contributed by atoms with E-state index in [1.807, 2.05) is 13.0 Å². The van der Waals surface area contributed by atoms with E-state index in [0.29, 0.717) is 6.54 Å². The number of piperidine rings is 1. The molecule has 0 spiro atoms. The maximum Gasteiger partial charge on any atom is 0.119 e. The molecule has 0 radical (unpaired) electrons. The van der Waals surface area contributed by atoms with E-state index in [2.05, 4.69) is 10.3 Å². The monoisotopic (exact) mass is 194 g/mol. The van der Waals surface area contributed by atoms with E-state index in [1.165, 1.54) is 0 Å². The molecular formula is C11H15FN2. The minimum atomic E-state index is -0.772. The van der Waals surface area contributed by atoms with Crippen LogP contribution in [0, 0.1) is 6.92 Å². The van der Waals surface area contributed by atoms with E-state index >= 15 is 0 Å². The average Bonchev–Trinajstić information content (AvgIpc) is 2.20. The van der Waals surface area contributed by atoms with Crippen LogP contribution in [0.25, 0.3) is 0 Å². The molecule has 1 N–H and O–H groups in total. The fourth-order valence-electron chi connectivity index (χ4n) is 2.04. The first-order valence-electron chi connectivity index (χ1n) is 5.04. The zero-order chi connectivity index (χ0) is 9.97. The van der Waals surface area contributed by atoms with Crippen LogP contribution >= 0.6 is 0 Å². The second-order valence-corrected chi connectivity index (χ2v) is 3.85. The second kappa shape index (κ2) is 4.05. The van der Waals surface area contributed by atoms with Crippen LogP contribution < -0.4 is 5.32 Å². The maximum absolute atomic E-state index is 13.6. The van der Waals surface area contributed by atoms with Crippen molar-refractivity contribution < 1.29 is 4.39 Å². The summed E-state index contributed by atoms with van der Waals surface area (Å²) < 4.78 is 13.6. The molecule has 14 heavy (non-hydrogen) atoms. The molecule has 0 aliphatic carbocycles. The van der Waals surface area contributed by atoms with E-state index in [0.717, 1.165) is 24.1 Å².